The summed E-state index contributed by atoms with van der Waals surface area (Å²) in [7, 11) is 0. The predicted octanol–water partition coefficient (Wildman–Crippen LogP) is 3.69. The van der Waals surface area contributed by atoms with Crippen molar-refractivity contribution in [2.24, 2.45) is 35.0 Å². The van der Waals surface area contributed by atoms with Crippen molar-refractivity contribution in [3.8, 4) is 0 Å². The van der Waals surface area contributed by atoms with Crippen molar-refractivity contribution in [2.45, 2.75) is 46.0 Å². The Morgan fingerprint density at radius 2 is 2.17 bits per heavy atom. The van der Waals surface area contributed by atoms with Crippen LogP contribution in [-0.2, 0) is 14.3 Å². The van der Waals surface area contributed by atoms with Gasteiger partial charge in [-0.1, -0.05) is 23.8 Å². The molecule has 0 N–H and O–H groups in total. The van der Waals surface area contributed by atoms with Gasteiger partial charge in [0, 0.05) is 6.42 Å². The molecular weight excluding hydrogens is 288 g/mol. The molecule has 124 valence electrons. The predicted molar refractivity (Wildman–Crippen MR) is 87.5 cm³/mol. The van der Waals surface area contributed by atoms with Gasteiger partial charge in [-0.3, -0.25) is 9.59 Å². The summed E-state index contributed by atoms with van der Waals surface area (Å²) in [5, 5.41) is 0. The molecule has 0 amide bonds. The highest BCUT2D eigenvalue weighted by atomic mass is 16.5. The summed E-state index contributed by atoms with van der Waals surface area (Å²) in [6.45, 7) is 4.51. The lowest BCUT2D eigenvalue weighted by atomic mass is 9.46. The quantitative estimate of drug-likeness (QED) is 0.576. The molecule has 5 aliphatic rings. The number of carbonyl (C=O) groups excluding carboxylic acids is 2. The highest BCUT2D eigenvalue weighted by Gasteiger charge is 2.58. The standard InChI is InChI=1S/C20H26O3/c1-3-23-19(22)14-4-5-16-13(8-14)6-7-20-11-12(2)15(9-17(16)20)10-18(20)21/h4-5,11,13-17H,3,6-10H2,1-2H3/t13-,14+,15?,16-,17?,20?/m0/s1. The van der Waals surface area contributed by atoms with Gasteiger partial charge in [-0.25, -0.2) is 0 Å². The summed E-state index contributed by atoms with van der Waals surface area (Å²) in [6, 6.07) is 0. The molecule has 1 spiro atoms. The molecule has 0 aromatic carbocycles. The lowest BCUT2D eigenvalue weighted by Gasteiger charge is -2.57. The smallest absolute Gasteiger partial charge is 0.312 e. The van der Waals surface area contributed by atoms with Gasteiger partial charge in [0.05, 0.1) is 17.9 Å². The monoisotopic (exact) mass is 314 g/mol. The van der Waals surface area contributed by atoms with Gasteiger partial charge in [-0.2, -0.15) is 0 Å². The summed E-state index contributed by atoms with van der Waals surface area (Å²) in [4.78, 5) is 24.8. The molecule has 0 aromatic rings. The fourth-order valence-corrected chi connectivity index (χ4v) is 5.78. The van der Waals surface area contributed by atoms with Crippen LogP contribution in [0.25, 0.3) is 0 Å². The van der Waals surface area contributed by atoms with Crippen molar-refractivity contribution in [1.29, 1.82) is 0 Å². The van der Waals surface area contributed by atoms with E-state index in [2.05, 4.69) is 25.2 Å². The molecule has 6 atom stereocenters. The van der Waals surface area contributed by atoms with E-state index in [0.29, 0.717) is 36.1 Å². The zero-order valence-corrected chi connectivity index (χ0v) is 14.1. The van der Waals surface area contributed by atoms with E-state index in [-0.39, 0.29) is 17.3 Å². The van der Waals surface area contributed by atoms with E-state index >= 15 is 0 Å². The summed E-state index contributed by atoms with van der Waals surface area (Å²) >= 11 is 0. The minimum Gasteiger partial charge on any atom is -0.466 e. The van der Waals surface area contributed by atoms with Crippen LogP contribution in [0.1, 0.15) is 46.0 Å². The molecule has 0 saturated heterocycles. The molecule has 23 heavy (non-hydrogen) atoms. The number of allylic oxidation sites excluding steroid dienone is 3. The molecule has 2 fully saturated rings. The van der Waals surface area contributed by atoms with Crippen molar-refractivity contribution in [1.82, 2.24) is 0 Å². The van der Waals surface area contributed by atoms with Gasteiger partial charge in [-0.15, -0.1) is 0 Å². The van der Waals surface area contributed by atoms with Gasteiger partial charge in [0.2, 0.25) is 0 Å². The molecule has 3 heteroatoms. The van der Waals surface area contributed by atoms with E-state index in [9.17, 15) is 9.59 Å². The first-order valence-corrected chi connectivity index (χ1v) is 9.12. The second-order valence-electron chi connectivity index (χ2n) is 7.95. The zero-order chi connectivity index (χ0) is 16.2. The Labute approximate surface area is 138 Å². The summed E-state index contributed by atoms with van der Waals surface area (Å²) in [6.07, 6.45) is 11.5. The number of esters is 1. The third kappa shape index (κ3) is 2.15. The van der Waals surface area contributed by atoms with Crippen LogP contribution in [0.4, 0.5) is 0 Å². The van der Waals surface area contributed by atoms with E-state index in [4.69, 9.17) is 4.74 Å². The summed E-state index contributed by atoms with van der Waals surface area (Å²) < 4.78 is 5.19. The maximum atomic E-state index is 12.7. The molecule has 0 heterocycles. The first-order chi connectivity index (χ1) is 11.0. The van der Waals surface area contributed by atoms with Crippen molar-refractivity contribution in [2.75, 3.05) is 6.61 Å². The second kappa shape index (κ2) is 5.32. The maximum absolute atomic E-state index is 12.7. The Morgan fingerprint density at radius 3 is 2.96 bits per heavy atom. The molecule has 0 aromatic heterocycles. The number of ether oxygens (including phenoxy) is 1. The summed E-state index contributed by atoms with van der Waals surface area (Å²) in [5.41, 5.74) is 1.24. The van der Waals surface area contributed by atoms with Crippen LogP contribution in [0.3, 0.4) is 0 Å². The molecule has 3 nitrogen and oxygen atoms in total. The SMILES string of the molecule is CCOC(=O)[C@@H]1C=C[C@@H]2C3CC4CC(=O)C3(C=C4C)CC[C@H]2C1. The van der Waals surface area contributed by atoms with Crippen LogP contribution in [0.2, 0.25) is 0 Å². The number of Topliss-reactive ketones (excluding diaryl/α,β-unsaturated/α-hetero) is 1. The highest BCUT2D eigenvalue weighted by Crippen LogP contribution is 2.61. The number of ketones is 1. The maximum Gasteiger partial charge on any atom is 0.312 e. The van der Waals surface area contributed by atoms with Crippen molar-refractivity contribution >= 4 is 11.8 Å². The minimum atomic E-state index is -0.193. The van der Waals surface area contributed by atoms with Crippen molar-refractivity contribution < 1.29 is 14.3 Å². The van der Waals surface area contributed by atoms with Crippen LogP contribution in [0.15, 0.2) is 23.8 Å². The first kappa shape index (κ1) is 15.2. The van der Waals surface area contributed by atoms with E-state index < -0.39 is 0 Å². The van der Waals surface area contributed by atoms with Gasteiger partial charge in [-0.05, 0) is 63.2 Å². The average Bonchev–Trinajstić information content (AvgIpc) is 2.54. The minimum absolute atomic E-state index is 0.0838. The zero-order valence-electron chi connectivity index (χ0n) is 14.1. The van der Waals surface area contributed by atoms with Crippen molar-refractivity contribution in [3.05, 3.63) is 23.8 Å². The summed E-state index contributed by atoms with van der Waals surface area (Å²) in [5.74, 6) is 2.22. The van der Waals surface area contributed by atoms with Crippen LogP contribution in [0.5, 0.6) is 0 Å². The molecule has 5 aliphatic carbocycles. The number of rotatable bonds is 2. The highest BCUT2D eigenvalue weighted by molar-refractivity contribution is 5.90. The number of carbonyl (C=O) groups is 2. The molecule has 3 unspecified atom stereocenters. The molecule has 2 bridgehead atoms. The Hall–Kier alpha value is -1.38. The number of hydrogen-bond acceptors (Lipinski definition) is 3. The van der Waals surface area contributed by atoms with Crippen LogP contribution in [-0.4, -0.2) is 18.4 Å². The van der Waals surface area contributed by atoms with E-state index in [1.54, 1.807) is 0 Å². The van der Waals surface area contributed by atoms with Crippen molar-refractivity contribution in [3.63, 3.8) is 0 Å². The fraction of sp³-hybridized carbons (Fsp3) is 0.700. The second-order valence-corrected chi connectivity index (χ2v) is 7.95. The van der Waals surface area contributed by atoms with Crippen LogP contribution >= 0.6 is 0 Å². The van der Waals surface area contributed by atoms with E-state index in [1.807, 2.05) is 6.92 Å². The lowest BCUT2D eigenvalue weighted by Crippen LogP contribution is -2.54. The molecular formula is C20H26O3. The normalized spacial score (nSPS) is 44.3. The third-order valence-corrected chi connectivity index (χ3v) is 6.93. The van der Waals surface area contributed by atoms with E-state index in [0.717, 1.165) is 32.1 Å². The Kier molecular flexibility index (Phi) is 3.51. The Bertz CT molecular complexity index is 602. The topological polar surface area (TPSA) is 43.4 Å². The Balaban J connectivity index is 1.62. The van der Waals surface area contributed by atoms with Gasteiger partial charge < -0.3 is 4.74 Å². The number of hydrogen-bond donors (Lipinski definition) is 0. The van der Waals surface area contributed by atoms with Crippen LogP contribution < -0.4 is 0 Å². The van der Waals surface area contributed by atoms with Gasteiger partial charge >= 0.3 is 5.97 Å². The average molecular weight is 314 g/mol. The Morgan fingerprint density at radius 1 is 1.35 bits per heavy atom. The third-order valence-electron chi connectivity index (χ3n) is 6.93. The number of fused-ring (bicyclic) bond motifs is 2. The molecule has 0 aliphatic heterocycles. The fourth-order valence-electron chi connectivity index (χ4n) is 5.78. The van der Waals surface area contributed by atoms with Gasteiger partial charge in [0.25, 0.3) is 0 Å². The van der Waals surface area contributed by atoms with Crippen LogP contribution in [0, 0.1) is 35.0 Å². The van der Waals surface area contributed by atoms with Gasteiger partial charge in [0.1, 0.15) is 5.78 Å². The first-order valence-electron chi connectivity index (χ1n) is 9.12. The van der Waals surface area contributed by atoms with Gasteiger partial charge in [0.15, 0.2) is 0 Å². The molecule has 0 radical (unpaired) electrons. The molecule has 5 rings (SSSR count). The molecule has 2 saturated carbocycles. The lowest BCUT2D eigenvalue weighted by molar-refractivity contribution is -0.149. The largest absolute Gasteiger partial charge is 0.466 e. The van der Waals surface area contributed by atoms with E-state index in [1.165, 1.54) is 5.57 Å².